The maximum absolute atomic E-state index is 5.21. The molecule has 3 rings (SSSR count). The largest absolute Gasteiger partial charge is 0.864 e. The molecule has 11 heavy (non-hydrogen) atoms. The van der Waals surface area contributed by atoms with Crippen molar-refractivity contribution in [2.45, 2.75) is 6.92 Å². The Kier molecular flexibility index (Phi) is 0.693. The molecule has 0 aromatic carbocycles. The van der Waals surface area contributed by atoms with Gasteiger partial charge in [0, 0.05) is 0 Å². The molecule has 4 nitrogen and oxygen atoms in total. The van der Waals surface area contributed by atoms with Gasteiger partial charge in [0.2, 0.25) is 0 Å². The predicted octanol–water partition coefficient (Wildman–Crippen LogP) is 0.539. The molecule has 0 saturated carbocycles. The van der Waals surface area contributed by atoms with E-state index in [2.05, 4.69) is 4.98 Å². The first kappa shape index (κ1) is 5.29. The van der Waals surface area contributed by atoms with Crippen LogP contribution in [-0.2, 0) is 0 Å². The van der Waals surface area contributed by atoms with Gasteiger partial charge in [0.05, 0.1) is 11.9 Å². The molecule has 2 aliphatic heterocycles. The lowest BCUT2D eigenvalue weighted by Gasteiger charge is -2.08. The summed E-state index contributed by atoms with van der Waals surface area (Å²) in [5.74, 6) is 2.10. The minimum atomic E-state index is -0.559. The van der Waals surface area contributed by atoms with Crippen molar-refractivity contribution in [1.82, 2.24) is 4.98 Å². The van der Waals surface area contributed by atoms with E-state index in [1.165, 1.54) is 0 Å². The van der Waals surface area contributed by atoms with Crippen molar-refractivity contribution in [2.75, 3.05) is 0 Å². The van der Waals surface area contributed by atoms with Crippen LogP contribution in [0.2, 0.25) is 0 Å². The predicted molar refractivity (Wildman–Crippen MR) is 36.6 cm³/mol. The number of fused-ring (bicyclic) bond motifs is 1. The molecule has 1 aromatic rings. The second-order valence-corrected chi connectivity index (χ2v) is 2.51. The molecule has 0 fully saturated rings. The summed E-state index contributed by atoms with van der Waals surface area (Å²) in [6, 6.07) is 0. The Bertz CT molecular complexity index is 341. The van der Waals surface area contributed by atoms with Crippen LogP contribution in [0, 0.1) is 6.92 Å². The Labute approximate surface area is 63.3 Å². The van der Waals surface area contributed by atoms with Crippen LogP contribution in [0.25, 0.3) is 0 Å². The highest BCUT2D eigenvalue weighted by Crippen LogP contribution is 2.47. The minimum absolute atomic E-state index is 0.559. The normalized spacial score (nSPS) is 15.9. The summed E-state index contributed by atoms with van der Waals surface area (Å²) in [7, 11) is -0.559. The monoisotopic (exact) mass is 149 g/mol. The van der Waals surface area contributed by atoms with Crippen molar-refractivity contribution in [3.8, 4) is 17.2 Å². The molecule has 0 spiro atoms. The maximum Gasteiger partial charge on any atom is 0.864 e. The van der Waals surface area contributed by atoms with E-state index >= 15 is 0 Å². The molecule has 0 atom stereocenters. The summed E-state index contributed by atoms with van der Waals surface area (Å²) < 4.78 is 15.5. The van der Waals surface area contributed by atoms with E-state index in [0.717, 1.165) is 11.4 Å². The molecular weight excluding hydrogens is 145 g/mol. The number of aromatic nitrogens is 1. The molecule has 0 amide bonds. The Morgan fingerprint density at radius 1 is 1.27 bits per heavy atom. The van der Waals surface area contributed by atoms with Crippen molar-refractivity contribution in [3.05, 3.63) is 11.9 Å². The SMILES string of the molecule is Cc1ncc2c3c1OB(O2)O3. The van der Waals surface area contributed by atoms with E-state index in [0.29, 0.717) is 11.5 Å². The van der Waals surface area contributed by atoms with E-state index < -0.39 is 7.32 Å². The van der Waals surface area contributed by atoms with Gasteiger partial charge in [0.15, 0.2) is 17.2 Å². The highest BCUT2D eigenvalue weighted by Gasteiger charge is 2.47. The first-order valence-corrected chi connectivity index (χ1v) is 3.34. The van der Waals surface area contributed by atoms with Crippen molar-refractivity contribution in [3.63, 3.8) is 0 Å². The highest BCUT2D eigenvalue weighted by molar-refractivity contribution is 6.43. The van der Waals surface area contributed by atoms with E-state index in [-0.39, 0.29) is 0 Å². The van der Waals surface area contributed by atoms with Crippen LogP contribution in [0.3, 0.4) is 0 Å². The van der Waals surface area contributed by atoms with Crippen LogP contribution >= 0.6 is 0 Å². The van der Waals surface area contributed by atoms with Crippen LogP contribution in [0.5, 0.6) is 17.2 Å². The third kappa shape index (κ3) is 0.494. The lowest BCUT2D eigenvalue weighted by molar-refractivity contribution is 0.380. The fraction of sp³-hybridized carbons (Fsp3) is 0.167. The fourth-order valence-electron chi connectivity index (χ4n) is 1.25. The zero-order chi connectivity index (χ0) is 7.42. The average Bonchev–Trinajstić information content (AvgIpc) is 2.54. The molecule has 54 valence electrons. The van der Waals surface area contributed by atoms with E-state index in [4.69, 9.17) is 14.0 Å². The van der Waals surface area contributed by atoms with E-state index in [1.807, 2.05) is 6.92 Å². The van der Waals surface area contributed by atoms with Crippen LogP contribution in [-0.4, -0.2) is 12.3 Å². The van der Waals surface area contributed by atoms with Crippen molar-refractivity contribution >= 4 is 7.32 Å². The molecule has 3 heterocycles. The first-order valence-electron chi connectivity index (χ1n) is 3.34. The fourth-order valence-corrected chi connectivity index (χ4v) is 1.25. The third-order valence-corrected chi connectivity index (χ3v) is 1.79. The van der Waals surface area contributed by atoms with Crippen molar-refractivity contribution in [2.24, 2.45) is 0 Å². The third-order valence-electron chi connectivity index (χ3n) is 1.79. The zero-order valence-electron chi connectivity index (χ0n) is 5.83. The van der Waals surface area contributed by atoms with Gasteiger partial charge in [-0.2, -0.15) is 0 Å². The Morgan fingerprint density at radius 3 is 2.82 bits per heavy atom. The Balaban J connectivity index is 2.38. The number of pyridine rings is 1. The summed E-state index contributed by atoms with van der Waals surface area (Å²) >= 11 is 0. The number of nitrogens with zero attached hydrogens (tertiary/aromatic N) is 1. The van der Waals surface area contributed by atoms with Gasteiger partial charge in [-0.1, -0.05) is 0 Å². The molecule has 1 aromatic heterocycles. The Morgan fingerprint density at radius 2 is 2.09 bits per heavy atom. The molecule has 0 unspecified atom stereocenters. The standard InChI is InChI=1S/C6H4BNO3/c1-3-5-6-4(2-8-3)9-7(10-5)11-6/h2H,1H3. The molecule has 2 bridgehead atoms. The second-order valence-electron chi connectivity index (χ2n) is 2.51. The number of aryl methyl sites for hydroxylation is 1. The number of rotatable bonds is 0. The van der Waals surface area contributed by atoms with Crippen molar-refractivity contribution < 1.29 is 14.0 Å². The zero-order valence-corrected chi connectivity index (χ0v) is 5.83. The van der Waals surface area contributed by atoms with Gasteiger partial charge in [0.25, 0.3) is 0 Å². The molecule has 0 N–H and O–H groups in total. The molecule has 0 radical (unpaired) electrons. The van der Waals surface area contributed by atoms with Gasteiger partial charge < -0.3 is 14.0 Å². The van der Waals surface area contributed by atoms with Gasteiger partial charge in [-0.05, 0) is 6.92 Å². The van der Waals surface area contributed by atoms with E-state index in [1.54, 1.807) is 6.20 Å². The number of hydrogen-bond donors (Lipinski definition) is 0. The summed E-state index contributed by atoms with van der Waals surface area (Å²) in [5, 5.41) is 0. The highest BCUT2D eigenvalue weighted by atomic mass is 16.8. The topological polar surface area (TPSA) is 40.6 Å². The molecule has 0 aliphatic carbocycles. The molecule has 2 aliphatic rings. The van der Waals surface area contributed by atoms with Gasteiger partial charge in [-0.25, -0.2) is 0 Å². The minimum Gasteiger partial charge on any atom is -0.485 e. The van der Waals surface area contributed by atoms with Gasteiger partial charge in [-0.3, -0.25) is 4.98 Å². The van der Waals surface area contributed by atoms with Gasteiger partial charge in [-0.15, -0.1) is 0 Å². The summed E-state index contributed by atoms with van der Waals surface area (Å²) in [6.45, 7) is 1.87. The maximum atomic E-state index is 5.21. The summed E-state index contributed by atoms with van der Waals surface area (Å²) in [6.07, 6.45) is 1.65. The second kappa shape index (κ2) is 1.44. The summed E-state index contributed by atoms with van der Waals surface area (Å²) in [5.41, 5.74) is 0.842. The van der Waals surface area contributed by atoms with Crippen LogP contribution < -0.4 is 14.0 Å². The molecule has 0 saturated heterocycles. The first-order chi connectivity index (χ1) is 5.34. The van der Waals surface area contributed by atoms with Crippen molar-refractivity contribution in [1.29, 1.82) is 0 Å². The lowest BCUT2D eigenvalue weighted by Crippen LogP contribution is -2.29. The van der Waals surface area contributed by atoms with Gasteiger partial charge in [0.1, 0.15) is 0 Å². The number of hydrogen-bond acceptors (Lipinski definition) is 4. The average molecular weight is 149 g/mol. The smallest absolute Gasteiger partial charge is 0.485 e. The van der Waals surface area contributed by atoms with Gasteiger partial charge >= 0.3 is 7.32 Å². The lowest BCUT2D eigenvalue weighted by atomic mass is 10.2. The quantitative estimate of drug-likeness (QED) is 0.504. The molecule has 5 heteroatoms. The van der Waals surface area contributed by atoms with Crippen LogP contribution in [0.4, 0.5) is 0 Å². The Hall–Kier alpha value is -1.39. The molecular formula is C6H4BNO3. The van der Waals surface area contributed by atoms with Crippen LogP contribution in [0.15, 0.2) is 6.20 Å². The van der Waals surface area contributed by atoms with Crippen LogP contribution in [0.1, 0.15) is 5.69 Å². The van der Waals surface area contributed by atoms with E-state index in [9.17, 15) is 0 Å². The summed E-state index contributed by atoms with van der Waals surface area (Å²) in [4.78, 5) is 4.06.